The van der Waals surface area contributed by atoms with E-state index < -0.39 is 28.5 Å². The predicted octanol–water partition coefficient (Wildman–Crippen LogP) is 7.52. The van der Waals surface area contributed by atoms with Crippen molar-refractivity contribution in [1.29, 1.82) is 0 Å². The molecule has 0 radical (unpaired) electrons. The van der Waals surface area contributed by atoms with E-state index in [2.05, 4.69) is 21.2 Å². The van der Waals surface area contributed by atoms with Crippen LogP contribution in [0.5, 0.6) is 5.75 Å². The van der Waals surface area contributed by atoms with Gasteiger partial charge in [-0.15, -0.1) is 0 Å². The number of aryl methyl sites for hydroxylation is 1. The number of hydrogen-bond donors (Lipinski definition) is 1. The van der Waals surface area contributed by atoms with Crippen LogP contribution < -0.4 is 14.4 Å². The molecule has 0 heterocycles. The average molecular weight is 740 g/mol. The number of benzene rings is 3. The smallest absolute Gasteiger partial charge is 0.264 e. The van der Waals surface area contributed by atoms with E-state index in [9.17, 15) is 18.0 Å². The summed E-state index contributed by atoms with van der Waals surface area (Å²) in [6.07, 6.45) is 5.30. The van der Waals surface area contributed by atoms with Crippen LogP contribution in [0.4, 0.5) is 5.69 Å². The Labute approximate surface area is 284 Å². The summed E-state index contributed by atoms with van der Waals surface area (Å²) in [5.41, 5.74) is 1.83. The van der Waals surface area contributed by atoms with Gasteiger partial charge in [-0.25, -0.2) is 8.42 Å². The van der Waals surface area contributed by atoms with E-state index in [0.717, 1.165) is 42.0 Å². The van der Waals surface area contributed by atoms with Crippen molar-refractivity contribution >= 4 is 66.7 Å². The molecule has 0 bridgehead atoms. The highest BCUT2D eigenvalue weighted by Crippen LogP contribution is 2.32. The third-order valence-electron chi connectivity index (χ3n) is 8.01. The van der Waals surface area contributed by atoms with Gasteiger partial charge in [0.15, 0.2) is 0 Å². The number of sulfonamides is 1. The van der Waals surface area contributed by atoms with Gasteiger partial charge >= 0.3 is 0 Å². The molecule has 0 aliphatic heterocycles. The first-order chi connectivity index (χ1) is 21.4. The number of rotatable bonds is 12. The lowest BCUT2D eigenvalue weighted by atomic mass is 9.95. The molecule has 3 aromatic carbocycles. The number of carbonyl (C=O) groups excluding carboxylic acids is 2. The molecule has 1 saturated carbocycles. The predicted molar refractivity (Wildman–Crippen MR) is 183 cm³/mol. The molecule has 0 saturated heterocycles. The van der Waals surface area contributed by atoms with Crippen LogP contribution in [0.2, 0.25) is 10.0 Å². The molecule has 242 valence electrons. The molecule has 4 rings (SSSR count). The van der Waals surface area contributed by atoms with Gasteiger partial charge in [0.05, 0.1) is 22.2 Å². The summed E-state index contributed by atoms with van der Waals surface area (Å²) in [5.74, 6) is -0.359. The second-order valence-electron chi connectivity index (χ2n) is 11.2. The molecule has 1 fully saturated rings. The maximum absolute atomic E-state index is 14.4. The lowest BCUT2D eigenvalue weighted by molar-refractivity contribution is -0.140. The van der Waals surface area contributed by atoms with Crippen LogP contribution in [0.1, 0.15) is 56.6 Å². The van der Waals surface area contributed by atoms with Crippen LogP contribution in [-0.4, -0.2) is 50.9 Å². The van der Waals surface area contributed by atoms with Crippen LogP contribution in [0.15, 0.2) is 70.0 Å². The molecule has 12 heteroatoms. The average Bonchev–Trinajstić information content (AvgIpc) is 3.01. The minimum atomic E-state index is -4.25. The Morgan fingerprint density at radius 1 is 1.02 bits per heavy atom. The first-order valence-electron chi connectivity index (χ1n) is 14.9. The lowest BCUT2D eigenvalue weighted by Gasteiger charge is -2.34. The first-order valence-corrected chi connectivity index (χ1v) is 17.9. The van der Waals surface area contributed by atoms with E-state index in [1.807, 2.05) is 13.8 Å². The van der Waals surface area contributed by atoms with Crippen LogP contribution in [-0.2, 0) is 26.2 Å². The number of nitrogens with zero attached hydrogens (tertiary/aromatic N) is 2. The van der Waals surface area contributed by atoms with Gasteiger partial charge in [0.1, 0.15) is 18.3 Å². The Bertz CT molecular complexity index is 1620. The molecule has 1 N–H and O–H groups in total. The summed E-state index contributed by atoms with van der Waals surface area (Å²) in [5, 5.41) is 3.92. The summed E-state index contributed by atoms with van der Waals surface area (Å²) in [4.78, 5) is 29.5. The van der Waals surface area contributed by atoms with E-state index in [-0.39, 0.29) is 23.4 Å². The second-order valence-corrected chi connectivity index (χ2v) is 14.7. The van der Waals surface area contributed by atoms with Crippen LogP contribution >= 0.6 is 39.1 Å². The molecule has 3 aromatic rings. The topological polar surface area (TPSA) is 96.0 Å². The molecule has 1 aliphatic rings. The minimum Gasteiger partial charge on any atom is -0.496 e. The Morgan fingerprint density at radius 3 is 2.31 bits per heavy atom. The summed E-state index contributed by atoms with van der Waals surface area (Å²) in [6, 6.07) is 15.4. The number of anilines is 1. The zero-order chi connectivity index (χ0) is 32.7. The highest BCUT2D eigenvalue weighted by molar-refractivity contribution is 9.10. The molecule has 1 atom stereocenters. The van der Waals surface area contributed by atoms with Gasteiger partial charge in [-0.3, -0.25) is 13.9 Å². The summed E-state index contributed by atoms with van der Waals surface area (Å²) in [7, 11) is -2.76. The number of halogens is 3. The number of hydrogen-bond acceptors (Lipinski definition) is 5. The maximum atomic E-state index is 14.4. The van der Waals surface area contributed by atoms with Crippen molar-refractivity contribution in [1.82, 2.24) is 10.2 Å². The third-order valence-corrected chi connectivity index (χ3v) is 11.0. The summed E-state index contributed by atoms with van der Waals surface area (Å²) >= 11 is 16.0. The first kappa shape index (κ1) is 35.1. The van der Waals surface area contributed by atoms with Crippen molar-refractivity contribution < 1.29 is 22.7 Å². The van der Waals surface area contributed by atoms with Crippen molar-refractivity contribution in [2.75, 3.05) is 18.0 Å². The summed E-state index contributed by atoms with van der Waals surface area (Å²) < 4.78 is 35.2. The second kappa shape index (κ2) is 15.7. The van der Waals surface area contributed by atoms with Crippen LogP contribution in [0.3, 0.4) is 0 Å². The van der Waals surface area contributed by atoms with Gasteiger partial charge < -0.3 is 15.0 Å². The van der Waals surface area contributed by atoms with Crippen molar-refractivity contribution in [3.05, 3.63) is 86.3 Å². The minimum absolute atomic E-state index is 0.0126. The largest absolute Gasteiger partial charge is 0.496 e. The molecule has 45 heavy (non-hydrogen) atoms. The van der Waals surface area contributed by atoms with Crippen molar-refractivity contribution in [3.63, 3.8) is 0 Å². The van der Waals surface area contributed by atoms with E-state index in [1.165, 1.54) is 24.1 Å². The summed E-state index contributed by atoms with van der Waals surface area (Å²) in [6.45, 7) is 3.16. The van der Waals surface area contributed by atoms with E-state index in [4.69, 9.17) is 27.9 Å². The molecular formula is C33H38BrCl2N3O5S. The van der Waals surface area contributed by atoms with Gasteiger partial charge in [0.25, 0.3) is 10.0 Å². The Kier molecular flexibility index (Phi) is 12.2. The molecule has 8 nitrogen and oxygen atoms in total. The Hall–Kier alpha value is -2.79. The SMILES string of the molecule is CCC(C(=O)NC1CCCCC1)N(Cc1ccc(Cl)cc1Cl)C(=O)CN(c1ccc(C)cc1)S(=O)(=O)c1ccc(OC)c(Br)c1. The molecule has 0 spiro atoms. The third kappa shape index (κ3) is 8.73. The number of amides is 2. The lowest BCUT2D eigenvalue weighted by Crippen LogP contribution is -2.54. The van der Waals surface area contributed by atoms with E-state index in [0.29, 0.717) is 37.9 Å². The molecule has 0 aromatic heterocycles. The normalized spacial score (nSPS) is 14.4. The van der Waals surface area contributed by atoms with Crippen LogP contribution in [0, 0.1) is 6.92 Å². The van der Waals surface area contributed by atoms with Gasteiger partial charge in [0, 0.05) is 22.6 Å². The molecule has 1 aliphatic carbocycles. The van der Waals surface area contributed by atoms with E-state index >= 15 is 0 Å². The Morgan fingerprint density at radius 2 is 1.71 bits per heavy atom. The van der Waals surface area contributed by atoms with Crippen molar-refractivity contribution in [2.24, 2.45) is 0 Å². The van der Waals surface area contributed by atoms with Gasteiger partial charge in [-0.1, -0.05) is 73.2 Å². The zero-order valence-electron chi connectivity index (χ0n) is 25.6. The number of ether oxygens (including phenoxy) is 1. The highest BCUT2D eigenvalue weighted by atomic mass is 79.9. The fourth-order valence-electron chi connectivity index (χ4n) is 5.47. The maximum Gasteiger partial charge on any atom is 0.264 e. The zero-order valence-corrected chi connectivity index (χ0v) is 29.5. The quantitative estimate of drug-likeness (QED) is 0.207. The number of methoxy groups -OCH3 is 1. The monoisotopic (exact) mass is 737 g/mol. The van der Waals surface area contributed by atoms with Gasteiger partial charge in [-0.05, 0) is 90.1 Å². The van der Waals surface area contributed by atoms with Crippen molar-refractivity contribution in [2.45, 2.75) is 75.9 Å². The van der Waals surface area contributed by atoms with Gasteiger partial charge in [-0.2, -0.15) is 0 Å². The standard InChI is InChI=1S/C33H38BrCl2N3O5S/c1-4-30(33(41)37-25-8-6-5-7-9-25)38(20-23-12-13-24(35)18-29(23)36)32(40)21-39(26-14-10-22(2)11-15-26)45(42,43)27-16-17-31(44-3)28(34)19-27/h10-19,25,30H,4-9,20-21H2,1-3H3,(H,37,41). The number of carbonyl (C=O) groups is 2. The molecule has 2 amide bonds. The van der Waals surface area contributed by atoms with Crippen LogP contribution in [0.25, 0.3) is 0 Å². The van der Waals surface area contributed by atoms with Gasteiger partial charge in [0.2, 0.25) is 11.8 Å². The van der Waals surface area contributed by atoms with Crippen molar-refractivity contribution in [3.8, 4) is 5.75 Å². The fourth-order valence-corrected chi connectivity index (χ4v) is 8.07. The molecular weight excluding hydrogens is 701 g/mol. The van der Waals surface area contributed by atoms with E-state index in [1.54, 1.807) is 48.5 Å². The Balaban J connectivity index is 1.74. The molecule has 1 unspecified atom stereocenters. The number of nitrogens with one attached hydrogen (secondary N) is 1. The highest BCUT2D eigenvalue weighted by Gasteiger charge is 2.35. The fraction of sp³-hybridized carbons (Fsp3) is 0.394.